The second kappa shape index (κ2) is 6.36. The Bertz CT molecular complexity index is 711. The quantitative estimate of drug-likeness (QED) is 0.447. The Labute approximate surface area is 133 Å². The van der Waals surface area contributed by atoms with Crippen LogP contribution in [0.5, 0.6) is 5.75 Å². The summed E-state index contributed by atoms with van der Waals surface area (Å²) in [6, 6.07) is 6.55. The molecule has 0 atom stereocenters. The number of carbonyl (C=O) groups is 1. The van der Waals surface area contributed by atoms with Crippen LogP contribution in [0, 0.1) is 24.0 Å². The maximum absolute atomic E-state index is 12.0. The van der Waals surface area contributed by atoms with Crippen molar-refractivity contribution in [3.05, 3.63) is 54.2 Å². The molecule has 21 heavy (non-hydrogen) atoms. The summed E-state index contributed by atoms with van der Waals surface area (Å²) in [5.41, 5.74) is 1.32. The van der Waals surface area contributed by atoms with Gasteiger partial charge in [-0.25, -0.2) is 0 Å². The third kappa shape index (κ3) is 3.68. The van der Waals surface area contributed by atoms with Crippen LogP contribution in [-0.4, -0.2) is 17.3 Å². The van der Waals surface area contributed by atoms with Gasteiger partial charge in [0.2, 0.25) is 5.78 Å². The zero-order chi connectivity index (χ0) is 15.6. The highest BCUT2D eigenvalue weighted by molar-refractivity contribution is 9.11. The maximum atomic E-state index is 12.0. The van der Waals surface area contributed by atoms with Crippen LogP contribution < -0.4 is 4.74 Å². The third-order valence-electron chi connectivity index (χ3n) is 2.90. The van der Waals surface area contributed by atoms with E-state index >= 15 is 0 Å². The van der Waals surface area contributed by atoms with Crippen molar-refractivity contribution in [3.63, 3.8) is 0 Å². The van der Waals surface area contributed by atoms with Crippen molar-refractivity contribution in [2.24, 2.45) is 0 Å². The predicted octanol–water partition coefficient (Wildman–Crippen LogP) is 4.30. The molecule has 2 aromatic rings. The van der Waals surface area contributed by atoms with E-state index in [0.29, 0.717) is 16.2 Å². The minimum absolute atomic E-state index is 0.0121. The monoisotopic (exact) mass is 369 g/mol. The summed E-state index contributed by atoms with van der Waals surface area (Å²) >= 11 is 4.62. The fourth-order valence-electron chi connectivity index (χ4n) is 1.85. The molecule has 7 heteroatoms. The van der Waals surface area contributed by atoms with Gasteiger partial charge in [-0.1, -0.05) is 0 Å². The lowest BCUT2D eigenvalue weighted by Crippen LogP contribution is -2.11. The molecule has 2 rings (SSSR count). The molecule has 0 saturated carbocycles. The van der Waals surface area contributed by atoms with Crippen LogP contribution in [0.15, 0.2) is 28.1 Å². The number of nitrogens with zero attached hydrogens (tertiary/aromatic N) is 1. The van der Waals surface area contributed by atoms with Gasteiger partial charge in [0.15, 0.2) is 6.61 Å². The molecule has 110 valence electrons. The number of benzene rings is 1. The van der Waals surface area contributed by atoms with Crippen LogP contribution in [0.4, 0.5) is 5.69 Å². The van der Waals surface area contributed by atoms with E-state index in [9.17, 15) is 14.9 Å². The molecule has 1 aromatic heterocycles. The van der Waals surface area contributed by atoms with Gasteiger partial charge in [-0.3, -0.25) is 14.9 Å². The van der Waals surface area contributed by atoms with Gasteiger partial charge in [0.25, 0.3) is 5.69 Å². The van der Waals surface area contributed by atoms with E-state index in [0.717, 1.165) is 9.35 Å². The Hall–Kier alpha value is -1.73. The molecule has 0 spiro atoms. The summed E-state index contributed by atoms with van der Waals surface area (Å²) in [5.74, 6) is 0.199. The van der Waals surface area contributed by atoms with Gasteiger partial charge in [0.1, 0.15) is 5.75 Å². The Balaban J connectivity index is 2.14. The lowest BCUT2D eigenvalue weighted by atomic mass is 10.1. The molecule has 0 amide bonds. The summed E-state index contributed by atoms with van der Waals surface area (Å²) in [4.78, 5) is 23.0. The first-order valence-corrected chi connectivity index (χ1v) is 7.66. The topological polar surface area (TPSA) is 69.4 Å². The minimum atomic E-state index is -0.458. The van der Waals surface area contributed by atoms with Crippen LogP contribution in [0.25, 0.3) is 0 Å². The molecular weight excluding hydrogens is 358 g/mol. The van der Waals surface area contributed by atoms with Gasteiger partial charge in [-0.15, -0.1) is 11.3 Å². The standard InChI is InChI=1S/C14H12BrNO4S/c1-8-5-9(2)12(6-10(8)16(18)19)20-7-11(17)13-3-4-14(15)21-13/h3-6H,7H2,1-2H3. The molecule has 0 fully saturated rings. The number of aryl methyl sites for hydroxylation is 2. The van der Waals surface area contributed by atoms with E-state index < -0.39 is 4.92 Å². The normalized spacial score (nSPS) is 10.4. The Kier molecular flexibility index (Phi) is 4.74. The van der Waals surface area contributed by atoms with Crippen molar-refractivity contribution >= 4 is 38.7 Å². The lowest BCUT2D eigenvalue weighted by Gasteiger charge is -2.09. The number of rotatable bonds is 5. The van der Waals surface area contributed by atoms with Crippen molar-refractivity contribution in [2.45, 2.75) is 13.8 Å². The number of nitro benzene ring substituents is 1. The first-order chi connectivity index (χ1) is 9.88. The smallest absolute Gasteiger partial charge is 0.276 e. The van der Waals surface area contributed by atoms with Crippen LogP contribution in [0.1, 0.15) is 20.8 Å². The summed E-state index contributed by atoms with van der Waals surface area (Å²) < 4.78 is 6.31. The Morgan fingerprint density at radius 2 is 2.05 bits per heavy atom. The van der Waals surface area contributed by atoms with Crippen LogP contribution in [0.3, 0.4) is 0 Å². The second-order valence-corrected chi connectivity index (χ2v) is 6.94. The molecule has 0 N–H and O–H groups in total. The maximum Gasteiger partial charge on any atom is 0.276 e. The number of halogens is 1. The average Bonchev–Trinajstić information content (AvgIpc) is 2.83. The number of thiophene rings is 1. The summed E-state index contributed by atoms with van der Waals surface area (Å²) in [6.07, 6.45) is 0. The van der Waals surface area contributed by atoms with Crippen molar-refractivity contribution in [1.82, 2.24) is 0 Å². The SMILES string of the molecule is Cc1cc(C)c([N+](=O)[O-])cc1OCC(=O)c1ccc(Br)s1. The first kappa shape index (κ1) is 15.7. The van der Waals surface area contributed by atoms with Gasteiger partial charge >= 0.3 is 0 Å². The molecule has 0 aliphatic heterocycles. The fourth-order valence-corrected chi connectivity index (χ4v) is 3.16. The minimum Gasteiger partial charge on any atom is -0.485 e. The van der Waals surface area contributed by atoms with Gasteiger partial charge in [-0.05, 0) is 53.5 Å². The van der Waals surface area contributed by atoms with Crippen molar-refractivity contribution in [3.8, 4) is 5.75 Å². The van der Waals surface area contributed by atoms with Gasteiger partial charge in [-0.2, -0.15) is 0 Å². The number of hydrogen-bond donors (Lipinski definition) is 0. The number of carbonyl (C=O) groups excluding carboxylic acids is 1. The molecule has 0 bridgehead atoms. The molecular formula is C14H12BrNO4S. The number of hydrogen-bond acceptors (Lipinski definition) is 5. The lowest BCUT2D eigenvalue weighted by molar-refractivity contribution is -0.385. The molecule has 0 aliphatic rings. The predicted molar refractivity (Wildman–Crippen MR) is 84.4 cm³/mol. The molecule has 0 aliphatic carbocycles. The van der Waals surface area contributed by atoms with E-state index in [1.165, 1.54) is 17.4 Å². The number of ketones is 1. The highest BCUT2D eigenvalue weighted by Crippen LogP contribution is 2.28. The molecule has 0 unspecified atom stereocenters. The van der Waals surface area contributed by atoms with Crippen LogP contribution in [0.2, 0.25) is 0 Å². The van der Waals surface area contributed by atoms with Crippen molar-refractivity contribution in [2.75, 3.05) is 6.61 Å². The first-order valence-electron chi connectivity index (χ1n) is 6.05. The zero-order valence-electron chi connectivity index (χ0n) is 11.4. The van der Waals surface area contributed by atoms with E-state index in [1.807, 2.05) is 0 Å². The van der Waals surface area contributed by atoms with Gasteiger partial charge in [0, 0.05) is 5.56 Å². The Morgan fingerprint density at radius 1 is 1.33 bits per heavy atom. The summed E-state index contributed by atoms with van der Waals surface area (Å²) in [6.45, 7) is 3.31. The highest BCUT2D eigenvalue weighted by Gasteiger charge is 2.16. The third-order valence-corrected chi connectivity index (χ3v) is 4.56. The van der Waals surface area contributed by atoms with Crippen LogP contribution >= 0.6 is 27.3 Å². The molecule has 0 radical (unpaired) electrons. The van der Waals surface area contributed by atoms with Gasteiger partial charge in [0.05, 0.1) is 19.7 Å². The molecule has 1 heterocycles. The molecule has 0 saturated heterocycles. The van der Waals surface area contributed by atoms with E-state index in [4.69, 9.17) is 4.74 Å². The Morgan fingerprint density at radius 3 is 2.62 bits per heavy atom. The molecule has 1 aromatic carbocycles. The number of ether oxygens (including phenoxy) is 1. The highest BCUT2D eigenvalue weighted by atomic mass is 79.9. The second-order valence-electron chi connectivity index (χ2n) is 4.48. The van der Waals surface area contributed by atoms with Crippen molar-refractivity contribution in [1.29, 1.82) is 0 Å². The number of nitro groups is 1. The van der Waals surface area contributed by atoms with Crippen molar-refractivity contribution < 1.29 is 14.5 Å². The fraction of sp³-hybridized carbons (Fsp3) is 0.214. The number of Topliss-reactive ketones (excluding diaryl/α,β-unsaturated/α-hetero) is 1. The summed E-state index contributed by atoms with van der Waals surface area (Å²) in [5, 5.41) is 10.9. The van der Waals surface area contributed by atoms with E-state index in [1.54, 1.807) is 32.0 Å². The van der Waals surface area contributed by atoms with E-state index in [2.05, 4.69) is 15.9 Å². The van der Waals surface area contributed by atoms with Crippen LogP contribution in [-0.2, 0) is 0 Å². The summed E-state index contributed by atoms with van der Waals surface area (Å²) in [7, 11) is 0. The van der Waals surface area contributed by atoms with Gasteiger partial charge < -0.3 is 4.74 Å². The zero-order valence-corrected chi connectivity index (χ0v) is 13.8. The average molecular weight is 370 g/mol. The molecule has 5 nitrogen and oxygen atoms in total. The largest absolute Gasteiger partial charge is 0.485 e. The van der Waals surface area contributed by atoms with E-state index in [-0.39, 0.29) is 18.1 Å².